The molecule has 0 aromatic heterocycles. The van der Waals surface area contributed by atoms with E-state index in [1.54, 1.807) is 30.2 Å². The molecule has 1 saturated heterocycles. The van der Waals surface area contributed by atoms with E-state index in [1.807, 2.05) is 6.92 Å². The Morgan fingerprint density at radius 3 is 2.73 bits per heavy atom. The summed E-state index contributed by atoms with van der Waals surface area (Å²) in [5, 5.41) is 0. The van der Waals surface area contributed by atoms with Crippen LogP contribution in [-0.4, -0.2) is 50.4 Å². The molecule has 1 amide bonds. The molecule has 1 heterocycles. The van der Waals surface area contributed by atoms with Gasteiger partial charge in [0.2, 0.25) is 0 Å². The van der Waals surface area contributed by atoms with Crippen LogP contribution < -0.4 is 4.74 Å². The molecule has 0 saturated carbocycles. The summed E-state index contributed by atoms with van der Waals surface area (Å²) in [6.07, 6.45) is 1.29. The van der Waals surface area contributed by atoms with Gasteiger partial charge in [-0.05, 0) is 47.0 Å². The van der Waals surface area contributed by atoms with Crippen molar-refractivity contribution in [3.05, 3.63) is 28.2 Å². The minimum atomic E-state index is -3.03. The van der Waals surface area contributed by atoms with Crippen LogP contribution in [0.25, 0.3) is 0 Å². The number of sulfone groups is 1. The topological polar surface area (TPSA) is 63.7 Å². The Morgan fingerprint density at radius 1 is 1.45 bits per heavy atom. The van der Waals surface area contributed by atoms with Gasteiger partial charge in [-0.3, -0.25) is 4.79 Å². The quantitative estimate of drug-likeness (QED) is 0.775. The van der Waals surface area contributed by atoms with Crippen molar-refractivity contribution in [3.63, 3.8) is 0 Å². The molecule has 0 bridgehead atoms. The monoisotopic (exact) mass is 389 g/mol. The number of ether oxygens (including phenoxy) is 1. The van der Waals surface area contributed by atoms with Crippen LogP contribution in [0.5, 0.6) is 5.75 Å². The van der Waals surface area contributed by atoms with Crippen molar-refractivity contribution in [3.8, 4) is 5.75 Å². The molecular formula is C15H20BrNO4S. The summed E-state index contributed by atoms with van der Waals surface area (Å²) in [6.45, 7) is 2.52. The van der Waals surface area contributed by atoms with Crippen molar-refractivity contribution in [2.24, 2.45) is 0 Å². The second-order valence-electron chi connectivity index (χ2n) is 5.40. The Labute approximate surface area is 139 Å². The number of hydrogen-bond acceptors (Lipinski definition) is 4. The number of carbonyl (C=O) groups excluding carboxylic acids is 1. The third-order valence-corrected chi connectivity index (χ3v) is 6.22. The zero-order chi connectivity index (χ0) is 16.3. The minimum absolute atomic E-state index is 0.0559. The van der Waals surface area contributed by atoms with E-state index in [1.165, 1.54) is 0 Å². The molecule has 7 heteroatoms. The lowest BCUT2D eigenvalue weighted by Crippen LogP contribution is -2.41. The molecule has 0 radical (unpaired) electrons. The van der Waals surface area contributed by atoms with Crippen LogP contribution in [0.1, 0.15) is 30.1 Å². The summed E-state index contributed by atoms with van der Waals surface area (Å²) in [4.78, 5) is 14.6. The van der Waals surface area contributed by atoms with E-state index in [-0.39, 0.29) is 23.5 Å². The van der Waals surface area contributed by atoms with E-state index < -0.39 is 9.84 Å². The number of halogens is 1. The third kappa shape index (κ3) is 3.81. The van der Waals surface area contributed by atoms with E-state index in [0.717, 1.165) is 6.42 Å². The lowest BCUT2D eigenvalue weighted by Gasteiger charge is -2.28. The fourth-order valence-corrected chi connectivity index (χ4v) is 4.81. The highest BCUT2D eigenvalue weighted by molar-refractivity contribution is 9.10. The van der Waals surface area contributed by atoms with Gasteiger partial charge < -0.3 is 9.64 Å². The van der Waals surface area contributed by atoms with Crippen LogP contribution in [0, 0.1) is 0 Å². The predicted octanol–water partition coefficient (Wildman–Crippen LogP) is 2.50. The Bertz CT molecular complexity index is 660. The van der Waals surface area contributed by atoms with Crippen LogP contribution in [0.3, 0.4) is 0 Å². The second kappa shape index (κ2) is 7.00. The van der Waals surface area contributed by atoms with Crippen molar-refractivity contribution in [2.75, 3.05) is 25.2 Å². The molecular weight excluding hydrogens is 370 g/mol. The van der Waals surface area contributed by atoms with Crippen molar-refractivity contribution in [2.45, 2.75) is 25.8 Å². The maximum Gasteiger partial charge on any atom is 0.255 e. The van der Waals surface area contributed by atoms with E-state index in [0.29, 0.717) is 28.8 Å². The maximum absolute atomic E-state index is 12.9. The number of rotatable bonds is 5. The van der Waals surface area contributed by atoms with Crippen LogP contribution in [0.4, 0.5) is 0 Å². The normalized spacial score (nSPS) is 19.9. The average molecular weight is 390 g/mol. The molecule has 2 rings (SSSR count). The molecule has 1 atom stereocenters. The van der Waals surface area contributed by atoms with Crippen LogP contribution in [0.2, 0.25) is 0 Å². The van der Waals surface area contributed by atoms with Crippen molar-refractivity contribution in [1.29, 1.82) is 0 Å². The number of carbonyl (C=O) groups is 1. The summed E-state index contributed by atoms with van der Waals surface area (Å²) < 4.78 is 29.3. The van der Waals surface area contributed by atoms with Gasteiger partial charge in [-0.1, -0.05) is 6.92 Å². The highest BCUT2D eigenvalue weighted by Gasteiger charge is 2.35. The van der Waals surface area contributed by atoms with Gasteiger partial charge in [-0.25, -0.2) is 8.42 Å². The Balaban J connectivity index is 2.30. The molecule has 122 valence electrons. The van der Waals surface area contributed by atoms with Gasteiger partial charge in [-0.2, -0.15) is 0 Å². The lowest BCUT2D eigenvalue weighted by atomic mass is 10.1. The van der Waals surface area contributed by atoms with Crippen LogP contribution >= 0.6 is 15.9 Å². The number of methoxy groups -OCH3 is 1. The average Bonchev–Trinajstić information content (AvgIpc) is 2.84. The van der Waals surface area contributed by atoms with E-state index >= 15 is 0 Å². The van der Waals surface area contributed by atoms with E-state index in [9.17, 15) is 13.2 Å². The highest BCUT2D eigenvalue weighted by Crippen LogP contribution is 2.26. The molecule has 1 aromatic rings. The minimum Gasteiger partial charge on any atom is -0.497 e. The molecule has 0 unspecified atom stereocenters. The molecule has 1 aliphatic heterocycles. The fourth-order valence-electron chi connectivity index (χ4n) is 2.66. The molecule has 0 aliphatic carbocycles. The van der Waals surface area contributed by atoms with Crippen LogP contribution in [0.15, 0.2) is 22.7 Å². The molecule has 5 nitrogen and oxygen atoms in total. The maximum atomic E-state index is 12.9. The first-order valence-corrected chi connectivity index (χ1v) is 9.84. The molecule has 1 fully saturated rings. The van der Waals surface area contributed by atoms with Gasteiger partial charge in [0.05, 0.1) is 24.2 Å². The van der Waals surface area contributed by atoms with E-state index in [2.05, 4.69) is 15.9 Å². The van der Waals surface area contributed by atoms with Gasteiger partial charge in [0.15, 0.2) is 9.84 Å². The van der Waals surface area contributed by atoms with Crippen molar-refractivity contribution in [1.82, 2.24) is 4.90 Å². The highest BCUT2D eigenvalue weighted by atomic mass is 79.9. The Morgan fingerprint density at radius 2 is 2.18 bits per heavy atom. The molecule has 0 N–H and O–H groups in total. The van der Waals surface area contributed by atoms with E-state index in [4.69, 9.17) is 4.74 Å². The Hall–Kier alpha value is -1.08. The number of amides is 1. The third-order valence-electron chi connectivity index (χ3n) is 3.78. The van der Waals surface area contributed by atoms with Gasteiger partial charge in [0.25, 0.3) is 5.91 Å². The summed E-state index contributed by atoms with van der Waals surface area (Å²) in [7, 11) is -1.48. The zero-order valence-electron chi connectivity index (χ0n) is 12.7. The first kappa shape index (κ1) is 17.3. The standard InChI is InChI=1S/C15H20BrNO4S/c1-3-7-17(11-6-8-22(19,20)10-11)15(18)13-9-12(21-2)4-5-14(13)16/h4-5,9,11H,3,6-8,10H2,1-2H3/t11-/m1/s1. The Kier molecular flexibility index (Phi) is 5.50. The van der Waals surface area contributed by atoms with Crippen molar-refractivity contribution >= 4 is 31.7 Å². The van der Waals surface area contributed by atoms with Crippen LogP contribution in [-0.2, 0) is 9.84 Å². The summed E-state index contributed by atoms with van der Waals surface area (Å²) in [5.41, 5.74) is 0.497. The first-order chi connectivity index (χ1) is 10.4. The number of nitrogens with zero attached hydrogens (tertiary/aromatic N) is 1. The van der Waals surface area contributed by atoms with Gasteiger partial charge in [-0.15, -0.1) is 0 Å². The zero-order valence-corrected chi connectivity index (χ0v) is 15.1. The number of hydrogen-bond donors (Lipinski definition) is 0. The molecule has 0 spiro atoms. The summed E-state index contributed by atoms with van der Waals surface area (Å²) in [5.74, 6) is 0.655. The van der Waals surface area contributed by atoms with Gasteiger partial charge >= 0.3 is 0 Å². The predicted molar refractivity (Wildman–Crippen MR) is 89.1 cm³/mol. The number of benzene rings is 1. The molecule has 1 aliphatic rings. The molecule has 1 aromatic carbocycles. The SMILES string of the molecule is CCCN(C(=O)c1cc(OC)ccc1Br)[C@@H]1CCS(=O)(=O)C1. The van der Waals surface area contributed by atoms with Gasteiger partial charge in [0.1, 0.15) is 5.75 Å². The lowest BCUT2D eigenvalue weighted by molar-refractivity contribution is 0.0695. The summed E-state index contributed by atoms with van der Waals surface area (Å²) in [6, 6.07) is 4.97. The smallest absolute Gasteiger partial charge is 0.255 e. The second-order valence-corrected chi connectivity index (χ2v) is 8.48. The van der Waals surface area contributed by atoms with Gasteiger partial charge in [0, 0.05) is 17.1 Å². The first-order valence-electron chi connectivity index (χ1n) is 7.23. The fraction of sp³-hybridized carbons (Fsp3) is 0.533. The van der Waals surface area contributed by atoms with Crippen molar-refractivity contribution < 1.29 is 17.9 Å². The largest absolute Gasteiger partial charge is 0.497 e. The summed E-state index contributed by atoms with van der Waals surface area (Å²) >= 11 is 3.39. The molecule has 22 heavy (non-hydrogen) atoms.